The summed E-state index contributed by atoms with van der Waals surface area (Å²) in [6.45, 7) is 2.48. The molecule has 3 rings (SSSR count). The summed E-state index contributed by atoms with van der Waals surface area (Å²) in [5.41, 5.74) is 2.41. The van der Waals surface area contributed by atoms with E-state index in [0.717, 1.165) is 48.7 Å². The number of ether oxygens (including phenoxy) is 1. The summed E-state index contributed by atoms with van der Waals surface area (Å²) >= 11 is 0. The Morgan fingerprint density at radius 3 is 2.85 bits per heavy atom. The van der Waals surface area contributed by atoms with Gasteiger partial charge in [0.1, 0.15) is 5.82 Å². The van der Waals surface area contributed by atoms with Gasteiger partial charge in [-0.15, -0.1) is 0 Å². The van der Waals surface area contributed by atoms with Gasteiger partial charge in [-0.1, -0.05) is 0 Å². The summed E-state index contributed by atoms with van der Waals surface area (Å²) in [6.07, 6.45) is 4.74. The van der Waals surface area contributed by atoms with E-state index in [9.17, 15) is 9.59 Å². The third-order valence-electron chi connectivity index (χ3n) is 5.31. The van der Waals surface area contributed by atoms with Crippen LogP contribution in [0.3, 0.4) is 0 Å². The Bertz CT molecular complexity index is 809. The molecule has 27 heavy (non-hydrogen) atoms. The molecule has 7 nitrogen and oxygen atoms in total. The number of fused-ring (bicyclic) bond motifs is 1. The molecule has 1 aromatic heterocycles. The maximum atomic E-state index is 12.3. The van der Waals surface area contributed by atoms with Crippen LogP contribution >= 0.6 is 0 Å². The highest BCUT2D eigenvalue weighted by Gasteiger charge is 2.16. The fourth-order valence-electron chi connectivity index (χ4n) is 3.60. The minimum absolute atomic E-state index is 0.162. The van der Waals surface area contributed by atoms with Gasteiger partial charge in [0.25, 0.3) is 5.91 Å². The van der Waals surface area contributed by atoms with Gasteiger partial charge in [-0.25, -0.2) is 4.98 Å². The van der Waals surface area contributed by atoms with E-state index in [1.807, 2.05) is 19.2 Å². The Morgan fingerprint density at radius 2 is 2.11 bits per heavy atom. The van der Waals surface area contributed by atoms with E-state index >= 15 is 0 Å². The highest BCUT2D eigenvalue weighted by atomic mass is 16.5. The van der Waals surface area contributed by atoms with Gasteiger partial charge in [0.15, 0.2) is 0 Å². The summed E-state index contributed by atoms with van der Waals surface area (Å²) in [7, 11) is 3.37. The van der Waals surface area contributed by atoms with Crippen molar-refractivity contribution in [3.8, 4) is 0 Å². The normalized spacial score (nSPS) is 15.0. The number of methoxy groups -OCH3 is 1. The molecule has 1 fully saturated rings. The van der Waals surface area contributed by atoms with Crippen molar-refractivity contribution in [2.24, 2.45) is 13.0 Å². The minimum atomic E-state index is -0.339. The molecule has 0 aliphatic carbocycles. The van der Waals surface area contributed by atoms with E-state index < -0.39 is 0 Å². The first-order valence-electron chi connectivity index (χ1n) is 9.59. The number of esters is 1. The SMILES string of the molecule is COC(=O)CCNC(=O)c1ccc2c(c1)nc(CCC1CCNCC1)n2C. The lowest BCUT2D eigenvalue weighted by molar-refractivity contribution is -0.140. The van der Waals surface area contributed by atoms with Crippen LogP contribution in [0.5, 0.6) is 0 Å². The van der Waals surface area contributed by atoms with Crippen LogP contribution in [0.1, 0.15) is 41.9 Å². The molecule has 0 radical (unpaired) electrons. The number of nitrogens with zero attached hydrogens (tertiary/aromatic N) is 2. The smallest absolute Gasteiger partial charge is 0.307 e. The summed E-state index contributed by atoms with van der Waals surface area (Å²) < 4.78 is 6.69. The van der Waals surface area contributed by atoms with Crippen molar-refractivity contribution in [2.45, 2.75) is 32.1 Å². The van der Waals surface area contributed by atoms with Crippen molar-refractivity contribution in [1.29, 1.82) is 0 Å². The molecule has 1 saturated heterocycles. The Morgan fingerprint density at radius 1 is 1.33 bits per heavy atom. The maximum absolute atomic E-state index is 12.3. The third-order valence-corrected chi connectivity index (χ3v) is 5.31. The summed E-state index contributed by atoms with van der Waals surface area (Å²) in [4.78, 5) is 28.2. The number of amides is 1. The van der Waals surface area contributed by atoms with Crippen LogP contribution in [0, 0.1) is 5.92 Å². The molecule has 1 amide bonds. The zero-order valence-corrected chi connectivity index (χ0v) is 16.1. The van der Waals surface area contributed by atoms with Gasteiger partial charge in [0.2, 0.25) is 0 Å². The molecule has 1 aliphatic heterocycles. The summed E-state index contributed by atoms with van der Waals surface area (Å²) in [6, 6.07) is 5.55. The number of hydrogen-bond acceptors (Lipinski definition) is 5. The van der Waals surface area contributed by atoms with E-state index in [-0.39, 0.29) is 24.8 Å². The number of benzene rings is 1. The third kappa shape index (κ3) is 4.86. The molecule has 1 aliphatic rings. The van der Waals surface area contributed by atoms with Crippen molar-refractivity contribution < 1.29 is 14.3 Å². The van der Waals surface area contributed by atoms with Crippen LogP contribution in [0.2, 0.25) is 0 Å². The van der Waals surface area contributed by atoms with Crippen LogP contribution < -0.4 is 10.6 Å². The minimum Gasteiger partial charge on any atom is -0.469 e. The van der Waals surface area contributed by atoms with Crippen molar-refractivity contribution in [1.82, 2.24) is 20.2 Å². The van der Waals surface area contributed by atoms with E-state index in [1.165, 1.54) is 20.0 Å². The van der Waals surface area contributed by atoms with E-state index in [2.05, 4.69) is 19.9 Å². The maximum Gasteiger partial charge on any atom is 0.307 e. The Labute approximate surface area is 159 Å². The molecule has 146 valence electrons. The predicted molar refractivity (Wildman–Crippen MR) is 104 cm³/mol. The Kier molecular flexibility index (Phi) is 6.45. The van der Waals surface area contributed by atoms with Crippen LogP contribution in [0.4, 0.5) is 0 Å². The molecule has 2 aromatic rings. The first kappa shape index (κ1) is 19.4. The zero-order valence-electron chi connectivity index (χ0n) is 16.1. The molecular formula is C20H28N4O3. The number of imidazole rings is 1. The Hall–Kier alpha value is -2.41. The van der Waals surface area contributed by atoms with Gasteiger partial charge >= 0.3 is 5.97 Å². The lowest BCUT2D eigenvalue weighted by atomic mass is 9.93. The van der Waals surface area contributed by atoms with Gasteiger partial charge in [0, 0.05) is 25.6 Å². The molecule has 2 N–H and O–H groups in total. The fourth-order valence-corrected chi connectivity index (χ4v) is 3.60. The largest absolute Gasteiger partial charge is 0.469 e. The van der Waals surface area contributed by atoms with Gasteiger partial charge in [0.05, 0.1) is 24.6 Å². The van der Waals surface area contributed by atoms with Crippen molar-refractivity contribution >= 4 is 22.9 Å². The highest BCUT2D eigenvalue weighted by molar-refractivity contribution is 5.97. The second-order valence-corrected chi connectivity index (χ2v) is 7.10. The number of piperidine rings is 1. The fraction of sp³-hybridized carbons (Fsp3) is 0.550. The van der Waals surface area contributed by atoms with Crippen LogP contribution in [0.25, 0.3) is 11.0 Å². The number of nitrogens with one attached hydrogen (secondary N) is 2. The van der Waals surface area contributed by atoms with Crippen LogP contribution in [0.15, 0.2) is 18.2 Å². The Balaban J connectivity index is 1.64. The number of hydrogen-bond donors (Lipinski definition) is 2. The molecule has 1 aromatic carbocycles. The highest BCUT2D eigenvalue weighted by Crippen LogP contribution is 2.22. The number of aromatic nitrogens is 2. The van der Waals surface area contributed by atoms with E-state index in [1.54, 1.807) is 6.07 Å². The lowest BCUT2D eigenvalue weighted by Gasteiger charge is -2.22. The van der Waals surface area contributed by atoms with Gasteiger partial charge in [-0.2, -0.15) is 0 Å². The standard InChI is InChI=1S/C20H28N4O3/c1-24-17-5-4-15(20(26)22-12-9-19(25)27-2)13-16(17)23-18(24)6-3-14-7-10-21-11-8-14/h4-5,13-14,21H,3,6-12H2,1-2H3,(H,22,26). The lowest BCUT2D eigenvalue weighted by Crippen LogP contribution is -2.28. The summed E-state index contributed by atoms with van der Waals surface area (Å²) in [5, 5.41) is 6.14. The molecule has 0 atom stereocenters. The molecule has 0 spiro atoms. The van der Waals surface area contributed by atoms with Crippen LogP contribution in [-0.2, 0) is 23.0 Å². The molecule has 0 unspecified atom stereocenters. The number of carbonyl (C=O) groups excluding carboxylic acids is 2. The van der Waals surface area contributed by atoms with Crippen molar-refractivity contribution in [2.75, 3.05) is 26.7 Å². The first-order chi connectivity index (χ1) is 13.1. The first-order valence-corrected chi connectivity index (χ1v) is 9.59. The van der Waals surface area contributed by atoms with Crippen molar-refractivity contribution in [3.05, 3.63) is 29.6 Å². The zero-order chi connectivity index (χ0) is 19.2. The second-order valence-electron chi connectivity index (χ2n) is 7.10. The quantitative estimate of drug-likeness (QED) is 0.724. The van der Waals surface area contributed by atoms with Gasteiger partial charge in [-0.05, 0) is 56.5 Å². The number of carbonyl (C=O) groups is 2. The monoisotopic (exact) mass is 372 g/mol. The van der Waals surface area contributed by atoms with Crippen molar-refractivity contribution in [3.63, 3.8) is 0 Å². The molecule has 0 saturated carbocycles. The predicted octanol–water partition coefficient (Wildman–Crippen LogP) is 1.80. The average molecular weight is 372 g/mol. The molecule has 2 heterocycles. The van der Waals surface area contributed by atoms with Crippen LogP contribution in [-0.4, -0.2) is 48.2 Å². The van der Waals surface area contributed by atoms with Gasteiger partial charge in [-0.3, -0.25) is 9.59 Å². The van der Waals surface area contributed by atoms with E-state index in [4.69, 9.17) is 4.98 Å². The number of rotatable bonds is 7. The van der Waals surface area contributed by atoms with Gasteiger partial charge < -0.3 is 19.9 Å². The molecule has 7 heteroatoms. The molecule has 0 bridgehead atoms. The summed E-state index contributed by atoms with van der Waals surface area (Å²) in [5.74, 6) is 1.28. The second kappa shape index (κ2) is 8.99. The molecular weight excluding hydrogens is 344 g/mol. The van der Waals surface area contributed by atoms with E-state index in [0.29, 0.717) is 5.56 Å². The topological polar surface area (TPSA) is 85.2 Å². The average Bonchev–Trinajstić information content (AvgIpc) is 3.02. The number of aryl methyl sites for hydroxylation is 2.